The Kier molecular flexibility index (Phi) is 3.64. The van der Waals surface area contributed by atoms with E-state index in [0.717, 1.165) is 10.5 Å². The van der Waals surface area contributed by atoms with Gasteiger partial charge < -0.3 is 0 Å². The Balaban J connectivity index is 2.16. The summed E-state index contributed by atoms with van der Waals surface area (Å²) in [5.41, 5.74) is 2.02. The third-order valence-corrected chi connectivity index (χ3v) is 3.48. The van der Waals surface area contributed by atoms with Crippen molar-refractivity contribution in [1.29, 1.82) is 0 Å². The molecule has 2 aromatic carbocycles. The molecule has 0 atom stereocenters. The van der Waals surface area contributed by atoms with Gasteiger partial charge in [-0.1, -0.05) is 41.6 Å². The molecule has 86 valence electrons. The van der Waals surface area contributed by atoms with E-state index in [0.29, 0.717) is 0 Å². The van der Waals surface area contributed by atoms with Crippen LogP contribution in [0.4, 0.5) is 0 Å². The monoisotopic (exact) mass is 242 g/mol. The molecule has 0 aliphatic rings. The Hall–Kier alpha value is -1.54. The molecular formula is C15H14OS. The zero-order valence-electron chi connectivity index (χ0n) is 9.94. The number of carbonyl (C=O) groups is 1. The van der Waals surface area contributed by atoms with Gasteiger partial charge in [-0.25, -0.2) is 0 Å². The number of ketones is 1. The zero-order chi connectivity index (χ0) is 12.3. The van der Waals surface area contributed by atoms with Crippen LogP contribution >= 0.6 is 11.8 Å². The molecule has 0 fully saturated rings. The highest BCUT2D eigenvalue weighted by Gasteiger charge is 2.00. The molecule has 2 heteroatoms. The highest BCUT2D eigenvalue weighted by Crippen LogP contribution is 2.28. The summed E-state index contributed by atoms with van der Waals surface area (Å²) in [5, 5.41) is 0. The molecule has 0 heterocycles. The molecule has 0 spiro atoms. The maximum atomic E-state index is 11.2. The van der Waals surface area contributed by atoms with Crippen molar-refractivity contribution in [3.05, 3.63) is 59.7 Å². The fourth-order valence-corrected chi connectivity index (χ4v) is 2.51. The fraction of sp³-hybridized carbons (Fsp3) is 0.133. The molecule has 0 amide bonds. The van der Waals surface area contributed by atoms with Gasteiger partial charge in [0.15, 0.2) is 5.78 Å². The largest absolute Gasteiger partial charge is 0.295 e. The smallest absolute Gasteiger partial charge is 0.159 e. The summed E-state index contributed by atoms with van der Waals surface area (Å²) < 4.78 is 0. The van der Waals surface area contributed by atoms with E-state index < -0.39 is 0 Å². The SMILES string of the molecule is CC(=O)c1ccc(Sc2cccc(C)c2)cc1. The van der Waals surface area contributed by atoms with Crippen LogP contribution in [0.15, 0.2) is 58.3 Å². The minimum atomic E-state index is 0.108. The Bertz CT molecular complexity index is 529. The minimum absolute atomic E-state index is 0.108. The number of hydrogen-bond donors (Lipinski definition) is 0. The van der Waals surface area contributed by atoms with Crippen molar-refractivity contribution in [1.82, 2.24) is 0 Å². The Morgan fingerprint density at radius 2 is 1.71 bits per heavy atom. The van der Waals surface area contributed by atoms with Crippen LogP contribution in [0.3, 0.4) is 0 Å². The summed E-state index contributed by atoms with van der Waals surface area (Å²) in [5.74, 6) is 0.108. The minimum Gasteiger partial charge on any atom is -0.295 e. The maximum Gasteiger partial charge on any atom is 0.159 e. The number of carbonyl (C=O) groups excluding carboxylic acids is 1. The van der Waals surface area contributed by atoms with E-state index in [1.54, 1.807) is 18.7 Å². The van der Waals surface area contributed by atoms with Crippen LogP contribution < -0.4 is 0 Å². The summed E-state index contributed by atoms with van der Waals surface area (Å²) in [6, 6.07) is 16.1. The van der Waals surface area contributed by atoms with E-state index in [4.69, 9.17) is 0 Å². The second kappa shape index (κ2) is 5.19. The molecule has 0 aliphatic carbocycles. The molecule has 0 saturated heterocycles. The van der Waals surface area contributed by atoms with Crippen molar-refractivity contribution in [3.63, 3.8) is 0 Å². The first-order chi connectivity index (χ1) is 8.15. The molecule has 0 N–H and O–H groups in total. The van der Waals surface area contributed by atoms with Crippen LogP contribution in [-0.4, -0.2) is 5.78 Å². The van der Waals surface area contributed by atoms with E-state index in [9.17, 15) is 4.79 Å². The van der Waals surface area contributed by atoms with Gasteiger partial charge in [0.05, 0.1) is 0 Å². The summed E-state index contributed by atoms with van der Waals surface area (Å²) >= 11 is 1.71. The highest BCUT2D eigenvalue weighted by atomic mass is 32.2. The topological polar surface area (TPSA) is 17.1 Å². The van der Waals surface area contributed by atoms with Crippen LogP contribution in [0.1, 0.15) is 22.8 Å². The molecule has 0 aromatic heterocycles. The lowest BCUT2D eigenvalue weighted by molar-refractivity contribution is 0.101. The van der Waals surface area contributed by atoms with Gasteiger partial charge in [0.25, 0.3) is 0 Å². The average Bonchev–Trinajstić information content (AvgIpc) is 2.29. The quantitative estimate of drug-likeness (QED) is 0.744. The van der Waals surface area contributed by atoms with Gasteiger partial charge in [0.2, 0.25) is 0 Å². The zero-order valence-corrected chi connectivity index (χ0v) is 10.8. The lowest BCUT2D eigenvalue weighted by atomic mass is 10.2. The first kappa shape index (κ1) is 11.9. The lowest BCUT2D eigenvalue weighted by Crippen LogP contribution is -1.90. The molecule has 0 unspecified atom stereocenters. The average molecular weight is 242 g/mol. The Morgan fingerprint density at radius 1 is 1.00 bits per heavy atom. The molecule has 1 nitrogen and oxygen atoms in total. The van der Waals surface area contributed by atoms with Crippen molar-refractivity contribution < 1.29 is 4.79 Å². The summed E-state index contributed by atoms with van der Waals surface area (Å²) in [7, 11) is 0. The predicted molar refractivity (Wildman–Crippen MR) is 71.7 cm³/mol. The molecule has 2 aromatic rings. The third kappa shape index (κ3) is 3.21. The molecular weight excluding hydrogens is 228 g/mol. The van der Waals surface area contributed by atoms with Gasteiger partial charge in [-0.3, -0.25) is 4.79 Å². The lowest BCUT2D eigenvalue weighted by Gasteiger charge is -2.03. The van der Waals surface area contributed by atoms with Gasteiger partial charge in [-0.2, -0.15) is 0 Å². The van der Waals surface area contributed by atoms with Gasteiger partial charge in [0.1, 0.15) is 0 Å². The van der Waals surface area contributed by atoms with E-state index in [1.807, 2.05) is 24.3 Å². The number of Topliss-reactive ketones (excluding diaryl/α,β-unsaturated/α-hetero) is 1. The predicted octanol–water partition coefficient (Wildman–Crippen LogP) is 4.35. The number of benzene rings is 2. The number of rotatable bonds is 3. The summed E-state index contributed by atoms with van der Waals surface area (Å²) in [4.78, 5) is 13.5. The highest BCUT2D eigenvalue weighted by molar-refractivity contribution is 7.99. The Morgan fingerprint density at radius 3 is 2.29 bits per heavy atom. The van der Waals surface area contributed by atoms with Gasteiger partial charge >= 0.3 is 0 Å². The fourth-order valence-electron chi connectivity index (χ4n) is 1.57. The van der Waals surface area contributed by atoms with Crippen LogP contribution in [0.2, 0.25) is 0 Å². The van der Waals surface area contributed by atoms with Crippen LogP contribution in [-0.2, 0) is 0 Å². The van der Waals surface area contributed by atoms with Gasteiger partial charge in [-0.05, 0) is 38.1 Å². The van der Waals surface area contributed by atoms with E-state index in [2.05, 4.69) is 31.2 Å². The number of hydrogen-bond acceptors (Lipinski definition) is 2. The first-order valence-corrected chi connectivity index (χ1v) is 6.32. The summed E-state index contributed by atoms with van der Waals surface area (Å²) in [6.07, 6.45) is 0. The van der Waals surface area contributed by atoms with Crippen LogP contribution in [0.25, 0.3) is 0 Å². The van der Waals surface area contributed by atoms with Crippen molar-refractivity contribution in [3.8, 4) is 0 Å². The van der Waals surface area contributed by atoms with E-state index in [1.165, 1.54) is 10.5 Å². The van der Waals surface area contributed by atoms with Crippen molar-refractivity contribution in [2.75, 3.05) is 0 Å². The molecule has 0 bridgehead atoms. The normalized spacial score (nSPS) is 10.2. The van der Waals surface area contributed by atoms with Gasteiger partial charge in [0, 0.05) is 15.4 Å². The first-order valence-electron chi connectivity index (χ1n) is 5.51. The standard InChI is InChI=1S/C15H14OS/c1-11-4-3-5-15(10-11)17-14-8-6-13(7-9-14)12(2)16/h3-10H,1-2H3. The molecule has 2 rings (SSSR count). The second-order valence-electron chi connectivity index (χ2n) is 4.00. The van der Waals surface area contributed by atoms with Crippen molar-refractivity contribution in [2.45, 2.75) is 23.6 Å². The van der Waals surface area contributed by atoms with Crippen molar-refractivity contribution in [2.24, 2.45) is 0 Å². The van der Waals surface area contributed by atoms with E-state index >= 15 is 0 Å². The maximum absolute atomic E-state index is 11.2. The molecule has 17 heavy (non-hydrogen) atoms. The van der Waals surface area contributed by atoms with Crippen molar-refractivity contribution >= 4 is 17.5 Å². The van der Waals surface area contributed by atoms with Crippen LogP contribution in [0, 0.1) is 6.92 Å². The van der Waals surface area contributed by atoms with E-state index in [-0.39, 0.29) is 5.78 Å². The number of aryl methyl sites for hydroxylation is 1. The molecule has 0 radical (unpaired) electrons. The Labute approximate surface area is 106 Å². The van der Waals surface area contributed by atoms with Gasteiger partial charge in [-0.15, -0.1) is 0 Å². The molecule has 0 saturated carbocycles. The van der Waals surface area contributed by atoms with Crippen LogP contribution in [0.5, 0.6) is 0 Å². The molecule has 0 aliphatic heterocycles. The third-order valence-electron chi connectivity index (χ3n) is 2.49. The second-order valence-corrected chi connectivity index (χ2v) is 5.15. The summed E-state index contributed by atoms with van der Waals surface area (Å²) in [6.45, 7) is 3.67.